The smallest absolute Gasteiger partial charge is 0.0166 e. The van der Waals surface area contributed by atoms with Gasteiger partial charge in [0.05, 0.1) is 0 Å². The van der Waals surface area contributed by atoms with E-state index >= 15 is 0 Å². The summed E-state index contributed by atoms with van der Waals surface area (Å²) in [4.78, 5) is 0. The van der Waals surface area contributed by atoms with Gasteiger partial charge in [-0.3, -0.25) is 0 Å². The normalized spacial score (nSPS) is 10.6. The fourth-order valence-electron chi connectivity index (χ4n) is 1.26. The molecular formula is C12H25S. The highest BCUT2D eigenvalue weighted by Gasteiger charge is 1.91. The van der Waals surface area contributed by atoms with E-state index in [0.29, 0.717) is 0 Å². The molecular weight excluding hydrogens is 176 g/mol. The summed E-state index contributed by atoms with van der Waals surface area (Å²) >= 11 is 2.03. The van der Waals surface area contributed by atoms with Gasteiger partial charge in [0.15, 0.2) is 0 Å². The molecule has 13 heavy (non-hydrogen) atoms. The predicted molar refractivity (Wildman–Crippen MR) is 65.0 cm³/mol. The Balaban J connectivity index is 2.76. The molecule has 0 aromatic carbocycles. The topological polar surface area (TPSA) is 0 Å². The third-order valence-corrected chi connectivity index (χ3v) is 3.15. The second kappa shape index (κ2) is 12.3. The summed E-state index contributed by atoms with van der Waals surface area (Å²) in [5.41, 5.74) is 0. The van der Waals surface area contributed by atoms with E-state index in [2.05, 4.69) is 19.6 Å². The van der Waals surface area contributed by atoms with Gasteiger partial charge in [0, 0.05) is 5.75 Å². The number of hydrogen-bond donors (Lipinski definition) is 0. The van der Waals surface area contributed by atoms with Gasteiger partial charge in [-0.15, -0.1) is 0 Å². The molecule has 0 aliphatic rings. The highest BCUT2D eigenvalue weighted by atomic mass is 32.2. The molecule has 0 heterocycles. The first kappa shape index (κ1) is 13.4. The number of unbranched alkanes of at least 4 members (excludes halogenated alkanes) is 6. The highest BCUT2D eigenvalue weighted by Crippen LogP contribution is 2.15. The van der Waals surface area contributed by atoms with Crippen molar-refractivity contribution in [2.75, 3.05) is 5.75 Å². The summed E-state index contributed by atoms with van der Waals surface area (Å²) in [6.45, 7) is 4.53. The standard InChI is InChI=1S/C12H25S/c1-3-5-7-9-11-13-12-10-8-6-4-2/h11H,3-10,12H2,1-2H3. The maximum Gasteiger partial charge on any atom is 0.0166 e. The van der Waals surface area contributed by atoms with E-state index < -0.39 is 0 Å². The third kappa shape index (κ3) is 12.4. The van der Waals surface area contributed by atoms with Crippen LogP contribution in [0, 0.1) is 5.75 Å². The molecule has 1 heteroatoms. The molecule has 0 atom stereocenters. The SMILES string of the molecule is CCCCC[CH]SCCCCCC. The fraction of sp³-hybridized carbons (Fsp3) is 0.917. The molecule has 0 aromatic rings. The van der Waals surface area contributed by atoms with Gasteiger partial charge < -0.3 is 0 Å². The molecule has 0 unspecified atom stereocenters. The van der Waals surface area contributed by atoms with E-state index in [-0.39, 0.29) is 0 Å². The molecule has 0 bridgehead atoms. The lowest BCUT2D eigenvalue weighted by molar-refractivity contribution is 0.705. The molecule has 0 aliphatic carbocycles. The average molecular weight is 201 g/mol. The molecule has 0 nitrogen and oxygen atoms in total. The first-order chi connectivity index (χ1) is 6.41. The largest absolute Gasteiger partial charge is 0.157 e. The Morgan fingerprint density at radius 3 is 2.23 bits per heavy atom. The molecule has 0 saturated carbocycles. The van der Waals surface area contributed by atoms with Crippen molar-refractivity contribution in [3.8, 4) is 0 Å². The second-order valence-electron chi connectivity index (χ2n) is 3.59. The number of hydrogen-bond acceptors (Lipinski definition) is 1. The molecule has 0 spiro atoms. The van der Waals surface area contributed by atoms with Crippen molar-refractivity contribution < 1.29 is 0 Å². The van der Waals surface area contributed by atoms with Gasteiger partial charge in [0.2, 0.25) is 0 Å². The van der Waals surface area contributed by atoms with Gasteiger partial charge in [-0.05, 0) is 18.6 Å². The maximum atomic E-state index is 2.40. The van der Waals surface area contributed by atoms with E-state index in [1.807, 2.05) is 11.8 Å². The Morgan fingerprint density at radius 1 is 0.846 bits per heavy atom. The Kier molecular flexibility index (Phi) is 12.7. The van der Waals surface area contributed by atoms with E-state index in [1.54, 1.807) is 0 Å². The third-order valence-electron chi connectivity index (χ3n) is 2.16. The van der Waals surface area contributed by atoms with Crippen molar-refractivity contribution in [3.63, 3.8) is 0 Å². The van der Waals surface area contributed by atoms with E-state index in [0.717, 1.165) is 0 Å². The summed E-state index contributed by atoms with van der Waals surface area (Å²) in [5, 5.41) is 0. The van der Waals surface area contributed by atoms with Crippen LogP contribution in [0.5, 0.6) is 0 Å². The van der Waals surface area contributed by atoms with Gasteiger partial charge in [0.1, 0.15) is 0 Å². The molecule has 0 rings (SSSR count). The summed E-state index contributed by atoms with van der Waals surface area (Å²) in [6.07, 6.45) is 11.0. The van der Waals surface area contributed by atoms with Crippen LogP contribution in [-0.2, 0) is 0 Å². The van der Waals surface area contributed by atoms with Crippen LogP contribution in [-0.4, -0.2) is 5.75 Å². The zero-order valence-corrected chi connectivity index (χ0v) is 10.2. The van der Waals surface area contributed by atoms with Crippen molar-refractivity contribution in [3.05, 3.63) is 5.75 Å². The lowest BCUT2D eigenvalue weighted by Crippen LogP contribution is -1.81. The summed E-state index contributed by atoms with van der Waals surface area (Å²) in [5.74, 6) is 3.74. The van der Waals surface area contributed by atoms with Crippen molar-refractivity contribution in [1.29, 1.82) is 0 Å². The van der Waals surface area contributed by atoms with Gasteiger partial charge in [0.25, 0.3) is 0 Å². The van der Waals surface area contributed by atoms with Crippen LogP contribution < -0.4 is 0 Å². The minimum absolute atomic E-state index is 1.31. The molecule has 0 aliphatic heterocycles. The van der Waals surface area contributed by atoms with Gasteiger partial charge in [-0.25, -0.2) is 0 Å². The van der Waals surface area contributed by atoms with Gasteiger partial charge >= 0.3 is 0 Å². The molecule has 1 radical (unpaired) electrons. The summed E-state index contributed by atoms with van der Waals surface area (Å²) in [6, 6.07) is 0. The van der Waals surface area contributed by atoms with Gasteiger partial charge in [-0.2, -0.15) is 11.8 Å². The van der Waals surface area contributed by atoms with Crippen LogP contribution >= 0.6 is 11.8 Å². The monoisotopic (exact) mass is 201 g/mol. The number of rotatable bonds is 10. The zero-order valence-electron chi connectivity index (χ0n) is 9.35. The maximum absolute atomic E-state index is 2.40. The lowest BCUT2D eigenvalue weighted by atomic mass is 10.2. The van der Waals surface area contributed by atoms with Crippen LogP contribution in [0.1, 0.15) is 65.2 Å². The molecule has 0 aromatic heterocycles. The quantitative estimate of drug-likeness (QED) is 0.446. The minimum Gasteiger partial charge on any atom is -0.157 e. The first-order valence-electron chi connectivity index (χ1n) is 5.85. The zero-order chi connectivity index (χ0) is 9.78. The first-order valence-corrected chi connectivity index (χ1v) is 6.90. The van der Waals surface area contributed by atoms with E-state index in [1.165, 1.54) is 57.1 Å². The van der Waals surface area contributed by atoms with Crippen molar-refractivity contribution >= 4 is 11.8 Å². The highest BCUT2D eigenvalue weighted by molar-refractivity contribution is 8.01. The average Bonchev–Trinajstić information content (AvgIpc) is 2.16. The van der Waals surface area contributed by atoms with Crippen molar-refractivity contribution in [1.82, 2.24) is 0 Å². The van der Waals surface area contributed by atoms with Crippen LogP contribution in [0.25, 0.3) is 0 Å². The molecule has 0 saturated heterocycles. The molecule has 0 amide bonds. The summed E-state index contributed by atoms with van der Waals surface area (Å²) < 4.78 is 0. The van der Waals surface area contributed by atoms with Crippen molar-refractivity contribution in [2.45, 2.75) is 65.2 Å². The Bertz CT molecular complexity index is 71.2. The molecule has 0 N–H and O–H groups in total. The summed E-state index contributed by atoms with van der Waals surface area (Å²) in [7, 11) is 0. The Labute approximate surface area is 88.9 Å². The Hall–Kier alpha value is 0.350. The van der Waals surface area contributed by atoms with Crippen molar-refractivity contribution in [2.24, 2.45) is 0 Å². The number of thioether (sulfide) groups is 1. The Morgan fingerprint density at radius 2 is 1.54 bits per heavy atom. The molecule has 79 valence electrons. The van der Waals surface area contributed by atoms with Crippen LogP contribution in [0.15, 0.2) is 0 Å². The lowest BCUT2D eigenvalue weighted by Gasteiger charge is -2.00. The van der Waals surface area contributed by atoms with Crippen LogP contribution in [0.4, 0.5) is 0 Å². The van der Waals surface area contributed by atoms with Gasteiger partial charge in [-0.1, -0.05) is 52.4 Å². The fourth-order valence-corrected chi connectivity index (χ4v) is 2.13. The van der Waals surface area contributed by atoms with Crippen LogP contribution in [0.2, 0.25) is 0 Å². The van der Waals surface area contributed by atoms with Crippen LogP contribution in [0.3, 0.4) is 0 Å². The predicted octanol–water partition coefficient (Wildman–Crippen LogP) is 5.04. The van der Waals surface area contributed by atoms with E-state index in [4.69, 9.17) is 0 Å². The minimum atomic E-state index is 1.31. The second-order valence-corrected chi connectivity index (χ2v) is 4.67. The molecule has 0 fully saturated rings. The van der Waals surface area contributed by atoms with E-state index in [9.17, 15) is 0 Å².